The molecule has 0 fully saturated rings. The Morgan fingerprint density at radius 1 is 1.02 bits per heavy atom. The fourth-order valence-electron chi connectivity index (χ4n) is 5.05. The first-order valence-electron chi connectivity index (χ1n) is 14.0. The van der Waals surface area contributed by atoms with Crippen molar-refractivity contribution < 1.29 is 45.8 Å². The van der Waals surface area contributed by atoms with Crippen molar-refractivity contribution in [2.45, 2.75) is 32.4 Å². The Kier molecular flexibility index (Phi) is 10.3. The first-order chi connectivity index (χ1) is 22.8. The lowest BCUT2D eigenvalue weighted by Crippen LogP contribution is -2.41. The van der Waals surface area contributed by atoms with Crippen LogP contribution in [0.3, 0.4) is 0 Å². The van der Waals surface area contributed by atoms with Gasteiger partial charge in [0.2, 0.25) is 0 Å². The third-order valence-corrected chi connectivity index (χ3v) is 8.51. The second-order valence-corrected chi connectivity index (χ2v) is 11.6. The molecule has 5 rings (SSSR count). The number of fused-ring (bicyclic) bond motifs is 1. The summed E-state index contributed by atoms with van der Waals surface area (Å²) in [5.41, 5.74) is -0.109. The Morgan fingerprint density at radius 2 is 1.73 bits per heavy atom. The molecular formula is C31H25BrClF5N4O6. The zero-order valence-electron chi connectivity index (χ0n) is 24.8. The molecule has 0 atom stereocenters. The average Bonchev–Trinajstić information content (AvgIpc) is 3.34. The van der Waals surface area contributed by atoms with E-state index in [1.807, 2.05) is 0 Å². The Hall–Kier alpha value is -4.57. The van der Waals surface area contributed by atoms with E-state index in [4.69, 9.17) is 21.1 Å². The number of carbonyl (C=O) groups is 2. The summed E-state index contributed by atoms with van der Waals surface area (Å²) in [6, 6.07) is 13.8. The van der Waals surface area contributed by atoms with Gasteiger partial charge in [0.1, 0.15) is 22.9 Å². The molecule has 0 aliphatic carbocycles. The molecule has 0 saturated heterocycles. The van der Waals surface area contributed by atoms with Gasteiger partial charge in [0.05, 0.1) is 30.1 Å². The molecule has 0 unspecified atom stereocenters. The van der Waals surface area contributed by atoms with Crippen LogP contribution in [0.1, 0.15) is 32.1 Å². The Bertz CT molecular complexity index is 1900. The number of benzene rings is 3. The van der Waals surface area contributed by atoms with Gasteiger partial charge < -0.3 is 24.4 Å². The smallest absolute Gasteiger partial charge is 0.422 e. The number of carbonyl (C=O) groups excluding carboxylic acids is 2. The van der Waals surface area contributed by atoms with Gasteiger partial charge in [-0.2, -0.15) is 22.0 Å². The lowest BCUT2D eigenvalue weighted by atomic mass is 10.1. The largest absolute Gasteiger partial charge is 0.497 e. The van der Waals surface area contributed by atoms with Crippen molar-refractivity contribution in [3.8, 4) is 22.9 Å². The van der Waals surface area contributed by atoms with Gasteiger partial charge in [-0.15, -0.1) is 0 Å². The second-order valence-electron chi connectivity index (χ2n) is 10.4. The third-order valence-electron chi connectivity index (χ3n) is 7.28. The molecule has 0 bridgehead atoms. The molecule has 2 heterocycles. The lowest BCUT2D eigenvalue weighted by molar-refractivity contribution is -0.153. The van der Waals surface area contributed by atoms with E-state index >= 15 is 0 Å². The maximum absolute atomic E-state index is 13.9. The predicted octanol–water partition coefficient (Wildman–Crippen LogP) is 6.19. The molecule has 0 spiro atoms. The van der Waals surface area contributed by atoms with E-state index in [9.17, 15) is 36.3 Å². The van der Waals surface area contributed by atoms with Gasteiger partial charge in [-0.1, -0.05) is 11.6 Å². The molecule has 10 nitrogen and oxygen atoms in total. The van der Waals surface area contributed by atoms with Crippen LogP contribution >= 0.6 is 27.5 Å². The van der Waals surface area contributed by atoms with Crippen LogP contribution in [-0.2, 0) is 19.6 Å². The summed E-state index contributed by atoms with van der Waals surface area (Å²) in [7, 11) is 1.34. The summed E-state index contributed by atoms with van der Waals surface area (Å²) in [5, 5.41) is 2.93. The van der Waals surface area contributed by atoms with Crippen LogP contribution in [0.15, 0.2) is 69.9 Å². The van der Waals surface area contributed by atoms with Gasteiger partial charge in [-0.25, -0.2) is 4.79 Å². The first kappa shape index (κ1) is 34.8. The third kappa shape index (κ3) is 7.76. The van der Waals surface area contributed by atoms with Crippen molar-refractivity contribution in [2.75, 3.05) is 20.3 Å². The molecule has 254 valence electrons. The zero-order valence-corrected chi connectivity index (χ0v) is 27.2. The maximum Gasteiger partial charge on any atom is 0.422 e. The summed E-state index contributed by atoms with van der Waals surface area (Å²) in [6.45, 7) is -5.07. The second kappa shape index (κ2) is 14.3. The van der Waals surface area contributed by atoms with Crippen LogP contribution in [0.5, 0.6) is 17.2 Å². The highest BCUT2D eigenvalue weighted by molar-refractivity contribution is 9.10. The minimum atomic E-state index is -4.57. The fourth-order valence-corrected chi connectivity index (χ4v) is 5.47. The molecule has 0 radical (unpaired) electrons. The summed E-state index contributed by atoms with van der Waals surface area (Å²) < 4.78 is 81.7. The molecule has 1 aromatic heterocycles. The minimum absolute atomic E-state index is 0.00901. The van der Waals surface area contributed by atoms with Gasteiger partial charge in [0.15, 0.2) is 6.61 Å². The van der Waals surface area contributed by atoms with Crippen LogP contribution in [0.25, 0.3) is 5.69 Å². The monoisotopic (exact) mass is 758 g/mol. The Balaban J connectivity index is 1.51. The number of imidazole rings is 1. The number of methoxy groups -OCH3 is 1. The van der Waals surface area contributed by atoms with Crippen molar-refractivity contribution in [1.29, 1.82) is 0 Å². The number of ether oxygens (including phenoxy) is 3. The van der Waals surface area contributed by atoms with Gasteiger partial charge in [-0.3, -0.25) is 18.7 Å². The number of aromatic nitrogens is 2. The fraction of sp³-hybridized carbons (Fsp3) is 0.258. The van der Waals surface area contributed by atoms with E-state index in [0.717, 1.165) is 4.57 Å². The molecule has 1 aliphatic heterocycles. The van der Waals surface area contributed by atoms with E-state index < -0.39 is 36.9 Å². The van der Waals surface area contributed by atoms with Crippen molar-refractivity contribution in [1.82, 2.24) is 19.4 Å². The summed E-state index contributed by atoms with van der Waals surface area (Å²) >= 11 is 9.47. The summed E-state index contributed by atoms with van der Waals surface area (Å²) in [6.07, 6.45) is -4.57. The molecule has 2 amide bonds. The Labute approximate surface area is 282 Å². The number of hydrogen-bond acceptors (Lipinski definition) is 6. The number of hydrogen-bond donors (Lipinski definition) is 1. The van der Waals surface area contributed by atoms with Crippen molar-refractivity contribution >= 4 is 39.3 Å². The number of amides is 2. The van der Waals surface area contributed by atoms with Crippen LogP contribution in [0.4, 0.5) is 22.0 Å². The highest BCUT2D eigenvalue weighted by atomic mass is 79.9. The highest BCUT2D eigenvalue weighted by Gasteiger charge is 2.33. The first-order valence-corrected chi connectivity index (χ1v) is 15.2. The number of nitrogens with one attached hydrogen (secondary N) is 1. The van der Waals surface area contributed by atoms with Crippen molar-refractivity contribution in [3.63, 3.8) is 0 Å². The molecule has 4 aromatic rings. The molecule has 1 aliphatic rings. The van der Waals surface area contributed by atoms with E-state index in [1.165, 1.54) is 65.1 Å². The molecule has 3 aromatic carbocycles. The zero-order chi connectivity index (χ0) is 34.7. The predicted molar refractivity (Wildman–Crippen MR) is 166 cm³/mol. The number of halogens is 7. The molecule has 0 saturated carbocycles. The maximum atomic E-state index is 13.9. The quantitative estimate of drug-likeness (QED) is 0.194. The SMILES string of the molecule is COc1ccc(CNC(=O)c2c3n(c(=O)n2-c2ccc(OCC(F)(F)F)cc2)CCN(C(=O)c2ccc(Br)c(Cl)c2)C3)c(OC(F)F)c1. The van der Waals surface area contributed by atoms with Crippen LogP contribution < -0.4 is 25.2 Å². The molecule has 1 N–H and O–H groups in total. The topological polar surface area (TPSA) is 104 Å². The van der Waals surface area contributed by atoms with Crippen LogP contribution in [-0.4, -0.2) is 58.9 Å². The molecule has 48 heavy (non-hydrogen) atoms. The normalized spacial score (nSPS) is 12.9. The van der Waals surface area contributed by atoms with E-state index in [0.29, 0.717) is 9.50 Å². The number of nitrogens with zero attached hydrogens (tertiary/aromatic N) is 3. The minimum Gasteiger partial charge on any atom is -0.497 e. The van der Waals surface area contributed by atoms with Crippen LogP contribution in [0.2, 0.25) is 5.02 Å². The van der Waals surface area contributed by atoms with Gasteiger partial charge in [0.25, 0.3) is 11.8 Å². The highest BCUT2D eigenvalue weighted by Crippen LogP contribution is 2.29. The summed E-state index contributed by atoms with van der Waals surface area (Å²) in [5.74, 6) is -1.37. The van der Waals surface area contributed by atoms with Gasteiger partial charge >= 0.3 is 18.5 Å². The average molecular weight is 760 g/mol. The van der Waals surface area contributed by atoms with E-state index in [-0.39, 0.29) is 71.6 Å². The summed E-state index contributed by atoms with van der Waals surface area (Å²) in [4.78, 5) is 42.5. The number of alkyl halides is 5. The molecular weight excluding hydrogens is 735 g/mol. The van der Waals surface area contributed by atoms with Crippen molar-refractivity contribution in [3.05, 3.63) is 103 Å². The Morgan fingerprint density at radius 3 is 2.38 bits per heavy atom. The van der Waals surface area contributed by atoms with E-state index in [2.05, 4.69) is 26.0 Å². The number of rotatable bonds is 10. The van der Waals surface area contributed by atoms with Gasteiger partial charge in [0, 0.05) is 41.3 Å². The van der Waals surface area contributed by atoms with Crippen LogP contribution in [0, 0.1) is 0 Å². The lowest BCUT2D eigenvalue weighted by Gasteiger charge is -2.28. The molecule has 17 heteroatoms. The van der Waals surface area contributed by atoms with Gasteiger partial charge in [-0.05, 0) is 70.5 Å². The van der Waals surface area contributed by atoms with E-state index in [1.54, 1.807) is 12.1 Å². The van der Waals surface area contributed by atoms with Crippen molar-refractivity contribution in [2.24, 2.45) is 0 Å². The standard InChI is InChI=1S/C31H25BrClF5N4O6/c1-46-21-6-2-18(25(13-21)48-29(34)35)14-39-27(43)26-24-15-40(28(44)17-3-9-22(32)23(33)12-17)10-11-41(24)30(45)42(26)19-4-7-20(8-5-19)47-16-31(36,37)38/h2-9,12-13,29H,10-11,14-16H2,1H3,(H,39,43).